The number of piperazine rings is 1. The van der Waals surface area contributed by atoms with Gasteiger partial charge in [0.05, 0.1) is 12.0 Å². The Morgan fingerprint density at radius 2 is 1.80 bits per heavy atom. The Labute approximate surface area is 266 Å². The summed E-state index contributed by atoms with van der Waals surface area (Å²) in [6, 6.07) is 22.3. The summed E-state index contributed by atoms with van der Waals surface area (Å²) in [5, 5.41) is 21.1. The van der Waals surface area contributed by atoms with Gasteiger partial charge in [0.2, 0.25) is 5.91 Å². The summed E-state index contributed by atoms with van der Waals surface area (Å²) in [6.45, 7) is 4.75. The van der Waals surface area contributed by atoms with Gasteiger partial charge < -0.3 is 14.5 Å². The van der Waals surface area contributed by atoms with E-state index in [0.29, 0.717) is 50.2 Å². The minimum absolute atomic E-state index is 0.0434. The highest BCUT2D eigenvalue weighted by atomic mass is 32.2. The van der Waals surface area contributed by atoms with Crippen LogP contribution in [0.15, 0.2) is 78.0 Å². The van der Waals surface area contributed by atoms with Crippen molar-refractivity contribution in [3.05, 3.63) is 105 Å². The van der Waals surface area contributed by atoms with Crippen LogP contribution >= 0.6 is 11.8 Å². The summed E-state index contributed by atoms with van der Waals surface area (Å²) < 4.78 is 7.39. The predicted octanol–water partition coefficient (Wildman–Crippen LogP) is 5.33. The highest BCUT2D eigenvalue weighted by Gasteiger charge is 2.31. The summed E-state index contributed by atoms with van der Waals surface area (Å²) in [5.74, 6) is 2.06. The van der Waals surface area contributed by atoms with E-state index in [1.165, 1.54) is 6.07 Å². The molecule has 1 unspecified atom stereocenters. The third kappa shape index (κ3) is 7.51. The van der Waals surface area contributed by atoms with Gasteiger partial charge >= 0.3 is 0 Å². The van der Waals surface area contributed by atoms with E-state index in [-0.39, 0.29) is 29.1 Å². The number of amides is 2. The predicted molar refractivity (Wildman–Crippen MR) is 172 cm³/mol. The monoisotopic (exact) mass is 628 g/mol. The average molecular weight is 629 g/mol. The number of carbonyl (C=O) groups is 2. The number of hydrogen-bond donors (Lipinski definition) is 0. The summed E-state index contributed by atoms with van der Waals surface area (Å²) in [7, 11) is 1.64. The van der Waals surface area contributed by atoms with Gasteiger partial charge in [-0.05, 0) is 56.2 Å². The molecule has 4 aromatic rings. The number of rotatable bonds is 11. The summed E-state index contributed by atoms with van der Waals surface area (Å²) >= 11 is 1.56. The molecule has 1 aliphatic rings. The molecule has 0 spiro atoms. The molecule has 5 rings (SSSR count). The lowest BCUT2D eigenvalue weighted by Gasteiger charge is -2.40. The molecule has 0 bridgehead atoms. The number of nitrogens with zero attached hydrogens (tertiary/aromatic N) is 6. The maximum Gasteiger partial charge on any atom is 0.273 e. The van der Waals surface area contributed by atoms with Crippen LogP contribution in [0.3, 0.4) is 0 Å². The molecule has 1 aliphatic heterocycles. The maximum atomic E-state index is 13.2. The number of nitro benzene ring substituents is 1. The fourth-order valence-corrected chi connectivity index (χ4v) is 6.32. The Bertz CT molecular complexity index is 1660. The summed E-state index contributed by atoms with van der Waals surface area (Å²) in [6.07, 6.45) is 1.67. The minimum atomic E-state index is -0.475. The van der Waals surface area contributed by atoms with Gasteiger partial charge in [0, 0.05) is 67.2 Å². The first kappa shape index (κ1) is 31.7. The van der Waals surface area contributed by atoms with Crippen LogP contribution in [0, 0.1) is 17.0 Å². The van der Waals surface area contributed by atoms with Crippen LogP contribution in [0.5, 0.6) is 5.75 Å². The number of aryl methyl sites for hydroxylation is 1. The van der Waals surface area contributed by atoms with Crippen LogP contribution in [-0.4, -0.2) is 79.8 Å². The van der Waals surface area contributed by atoms with Crippen molar-refractivity contribution in [1.29, 1.82) is 0 Å². The van der Waals surface area contributed by atoms with E-state index < -0.39 is 4.92 Å². The lowest BCUT2D eigenvalue weighted by atomic mass is 10.1. The van der Waals surface area contributed by atoms with E-state index >= 15 is 0 Å². The van der Waals surface area contributed by atoms with Crippen molar-refractivity contribution in [2.75, 3.05) is 32.5 Å². The van der Waals surface area contributed by atoms with Crippen molar-refractivity contribution < 1.29 is 19.2 Å². The first-order valence-corrected chi connectivity index (χ1v) is 15.8. The van der Waals surface area contributed by atoms with Gasteiger partial charge in [-0.2, -0.15) is 0 Å². The van der Waals surface area contributed by atoms with Crippen LogP contribution in [0.2, 0.25) is 0 Å². The average Bonchev–Trinajstić information content (AvgIpc) is 3.45. The zero-order valence-electron chi connectivity index (χ0n) is 25.6. The molecule has 2 heterocycles. The second-order valence-corrected chi connectivity index (χ2v) is 12.1. The number of ether oxygens (including phenoxy) is 1. The SMILES string of the molecule is COc1ccc(-n2c(Cc3ccccc3)nnc2SCCCC(=O)N2CCN(C(=O)c3ccc(C)c([N+](=O)[O-])c3)C(C)C2)cc1. The third-order valence-corrected chi connectivity index (χ3v) is 8.91. The number of aromatic nitrogens is 3. The van der Waals surface area contributed by atoms with Crippen molar-refractivity contribution in [2.24, 2.45) is 0 Å². The van der Waals surface area contributed by atoms with Crippen molar-refractivity contribution in [2.45, 2.75) is 44.3 Å². The van der Waals surface area contributed by atoms with Gasteiger partial charge in [0.25, 0.3) is 11.6 Å². The molecule has 1 saturated heterocycles. The van der Waals surface area contributed by atoms with E-state index in [1.54, 1.807) is 47.7 Å². The van der Waals surface area contributed by atoms with Crippen molar-refractivity contribution in [3.8, 4) is 11.4 Å². The van der Waals surface area contributed by atoms with Gasteiger partial charge in [-0.25, -0.2) is 0 Å². The molecular formula is C33H36N6O5S. The van der Waals surface area contributed by atoms with Crippen LogP contribution in [0.25, 0.3) is 5.69 Å². The third-order valence-electron chi connectivity index (χ3n) is 7.90. The first-order chi connectivity index (χ1) is 21.7. The highest BCUT2D eigenvalue weighted by Crippen LogP contribution is 2.26. The number of benzene rings is 3. The minimum Gasteiger partial charge on any atom is -0.497 e. The smallest absolute Gasteiger partial charge is 0.273 e. The second-order valence-electron chi connectivity index (χ2n) is 11.0. The number of carbonyl (C=O) groups excluding carboxylic acids is 2. The van der Waals surface area contributed by atoms with Gasteiger partial charge in [0.15, 0.2) is 5.16 Å². The molecule has 45 heavy (non-hydrogen) atoms. The van der Waals surface area contributed by atoms with Crippen LogP contribution in [-0.2, 0) is 11.2 Å². The molecular weight excluding hydrogens is 592 g/mol. The molecule has 1 aromatic heterocycles. The van der Waals surface area contributed by atoms with Gasteiger partial charge in [-0.1, -0.05) is 48.2 Å². The maximum absolute atomic E-state index is 13.2. The van der Waals surface area contributed by atoms with Crippen LogP contribution in [0.1, 0.15) is 47.1 Å². The van der Waals surface area contributed by atoms with E-state index in [2.05, 4.69) is 26.9 Å². The molecule has 234 valence electrons. The molecule has 0 N–H and O–H groups in total. The Morgan fingerprint density at radius 1 is 1.04 bits per heavy atom. The lowest BCUT2D eigenvalue weighted by molar-refractivity contribution is -0.385. The van der Waals surface area contributed by atoms with Crippen molar-refractivity contribution >= 4 is 29.3 Å². The van der Waals surface area contributed by atoms with Gasteiger partial charge in [0.1, 0.15) is 11.6 Å². The number of thioether (sulfide) groups is 1. The molecule has 1 atom stereocenters. The molecule has 3 aromatic carbocycles. The van der Waals surface area contributed by atoms with Crippen molar-refractivity contribution in [1.82, 2.24) is 24.6 Å². The zero-order valence-corrected chi connectivity index (χ0v) is 26.4. The van der Waals surface area contributed by atoms with E-state index in [0.717, 1.165) is 28.0 Å². The molecule has 2 amide bonds. The fourth-order valence-electron chi connectivity index (χ4n) is 5.41. The van der Waals surface area contributed by atoms with Gasteiger partial charge in [-0.15, -0.1) is 10.2 Å². The van der Waals surface area contributed by atoms with E-state index in [4.69, 9.17) is 4.74 Å². The second kappa shape index (κ2) is 14.4. The number of methoxy groups -OCH3 is 1. The van der Waals surface area contributed by atoms with Crippen LogP contribution in [0.4, 0.5) is 5.69 Å². The lowest BCUT2D eigenvalue weighted by Crippen LogP contribution is -2.55. The summed E-state index contributed by atoms with van der Waals surface area (Å²) in [4.78, 5) is 40.6. The Kier molecular flexibility index (Phi) is 10.1. The van der Waals surface area contributed by atoms with Crippen LogP contribution < -0.4 is 4.74 Å². The molecule has 0 radical (unpaired) electrons. The Hall–Kier alpha value is -4.71. The highest BCUT2D eigenvalue weighted by molar-refractivity contribution is 7.99. The quantitative estimate of drug-likeness (QED) is 0.0946. The topological polar surface area (TPSA) is 124 Å². The number of nitro groups is 1. The van der Waals surface area contributed by atoms with E-state index in [1.807, 2.05) is 49.4 Å². The normalized spacial score (nSPS) is 14.8. The van der Waals surface area contributed by atoms with E-state index in [9.17, 15) is 19.7 Å². The molecule has 11 nitrogen and oxygen atoms in total. The Balaban J connectivity index is 1.17. The van der Waals surface area contributed by atoms with Gasteiger partial charge in [-0.3, -0.25) is 24.3 Å². The fraction of sp³-hybridized carbons (Fsp3) is 0.333. The molecule has 0 saturated carbocycles. The summed E-state index contributed by atoms with van der Waals surface area (Å²) in [5.41, 5.74) is 2.79. The Morgan fingerprint density at radius 3 is 2.49 bits per heavy atom. The first-order valence-electron chi connectivity index (χ1n) is 14.8. The largest absolute Gasteiger partial charge is 0.497 e. The van der Waals surface area contributed by atoms with Crippen molar-refractivity contribution in [3.63, 3.8) is 0 Å². The molecule has 0 aliphatic carbocycles. The molecule has 1 fully saturated rings. The zero-order chi connectivity index (χ0) is 31.9. The number of hydrogen-bond acceptors (Lipinski definition) is 8. The standard InChI is InChI=1S/C33H36N6O5S/c1-23-11-12-26(21-29(23)39(42)43)32(41)37-18-17-36(22-24(37)2)31(40)10-7-19-45-33-35-34-30(20-25-8-5-4-6-9-25)38(33)27-13-15-28(44-3)16-14-27/h4-6,8-9,11-16,21,24H,7,10,17-20,22H2,1-3H3. The molecule has 12 heteroatoms.